The Balaban J connectivity index is 0.00000324. The van der Waals surface area contributed by atoms with Gasteiger partial charge in [-0.3, -0.25) is 4.90 Å². The van der Waals surface area contributed by atoms with Gasteiger partial charge in [-0.2, -0.15) is 0 Å². The molecule has 1 aliphatic carbocycles. The Hall–Kier alpha value is -1.23. The number of hydrogen-bond acceptors (Lipinski definition) is 4. The number of unbranched alkanes of at least 4 members (excludes halogenated alkanes) is 2. The van der Waals surface area contributed by atoms with E-state index in [9.17, 15) is 0 Å². The number of rotatable bonds is 8. The molecule has 0 N–H and O–H groups in total. The largest absolute Gasteiger partial charge is 0.381 e. The van der Waals surface area contributed by atoms with Crippen molar-refractivity contribution < 1.29 is 4.74 Å². The lowest BCUT2D eigenvalue weighted by molar-refractivity contribution is 0.0819. The van der Waals surface area contributed by atoms with E-state index in [4.69, 9.17) is 4.74 Å². The van der Waals surface area contributed by atoms with Crippen molar-refractivity contribution in [1.82, 2.24) is 4.90 Å². The number of piperidine rings is 1. The Labute approximate surface area is 215 Å². The summed E-state index contributed by atoms with van der Waals surface area (Å²) in [6.07, 6.45) is 12.9. The molecular formula is C29H48ClN3O. The third-order valence-electron chi connectivity index (χ3n) is 8.23. The fraction of sp³-hybridized carbons (Fsp3) is 0.724. The van der Waals surface area contributed by atoms with Gasteiger partial charge in [0.25, 0.3) is 0 Å². The minimum absolute atomic E-state index is 0. The van der Waals surface area contributed by atoms with E-state index >= 15 is 0 Å². The maximum absolute atomic E-state index is 5.61. The molecule has 1 aromatic rings. The highest BCUT2D eigenvalue weighted by molar-refractivity contribution is 5.85. The van der Waals surface area contributed by atoms with Crippen molar-refractivity contribution in [3.8, 4) is 0 Å². The number of nitrogens with zero attached hydrogens (tertiary/aromatic N) is 3. The third kappa shape index (κ3) is 6.92. The van der Waals surface area contributed by atoms with Gasteiger partial charge in [0.15, 0.2) is 0 Å². The molecule has 0 saturated carbocycles. The lowest BCUT2D eigenvalue weighted by Gasteiger charge is -2.39. The molecule has 0 spiro atoms. The number of piperazine rings is 1. The molecule has 2 saturated heterocycles. The first-order chi connectivity index (χ1) is 16.0. The first-order valence-electron chi connectivity index (χ1n) is 13.6. The van der Waals surface area contributed by atoms with Gasteiger partial charge in [0.1, 0.15) is 0 Å². The summed E-state index contributed by atoms with van der Waals surface area (Å²) in [4.78, 5) is 7.90. The van der Waals surface area contributed by atoms with Gasteiger partial charge in [0, 0.05) is 63.3 Å². The smallest absolute Gasteiger partial charge is 0.0605 e. The Morgan fingerprint density at radius 2 is 1.71 bits per heavy atom. The molecule has 192 valence electrons. The van der Waals surface area contributed by atoms with Crippen molar-refractivity contribution in [1.29, 1.82) is 0 Å². The summed E-state index contributed by atoms with van der Waals surface area (Å²) < 4.78 is 5.61. The van der Waals surface area contributed by atoms with Gasteiger partial charge in [0.05, 0.1) is 6.10 Å². The predicted octanol–water partition coefficient (Wildman–Crippen LogP) is 6.63. The average Bonchev–Trinajstić information content (AvgIpc) is 2.84. The SMILES string of the molecule is CCCCCN1CCN(c2ccc(N3CCC(OC)CC3)cc2C2=CCC(C)(C)CC2)CC1.Cl. The van der Waals surface area contributed by atoms with Gasteiger partial charge in [-0.25, -0.2) is 0 Å². The molecule has 0 unspecified atom stereocenters. The second-order valence-corrected chi connectivity index (χ2v) is 11.3. The molecule has 2 heterocycles. The molecule has 0 radical (unpaired) electrons. The molecule has 4 rings (SSSR count). The fourth-order valence-corrected chi connectivity index (χ4v) is 5.72. The van der Waals surface area contributed by atoms with Crippen molar-refractivity contribution in [3.63, 3.8) is 0 Å². The van der Waals surface area contributed by atoms with E-state index in [1.807, 2.05) is 7.11 Å². The summed E-state index contributed by atoms with van der Waals surface area (Å²) >= 11 is 0. The number of halogens is 1. The minimum atomic E-state index is 0. The highest BCUT2D eigenvalue weighted by Gasteiger charge is 2.27. The van der Waals surface area contributed by atoms with Crippen LogP contribution in [-0.4, -0.2) is 63.9 Å². The zero-order valence-corrected chi connectivity index (χ0v) is 23.0. The van der Waals surface area contributed by atoms with Crippen molar-refractivity contribution in [2.75, 3.05) is 62.7 Å². The second kappa shape index (κ2) is 12.6. The van der Waals surface area contributed by atoms with Crippen LogP contribution >= 0.6 is 12.4 Å². The molecule has 0 bridgehead atoms. The van der Waals surface area contributed by atoms with Gasteiger partial charge in [-0.1, -0.05) is 39.7 Å². The van der Waals surface area contributed by atoms with Crippen molar-refractivity contribution in [2.45, 2.75) is 78.2 Å². The van der Waals surface area contributed by atoms with E-state index in [1.54, 1.807) is 5.57 Å². The third-order valence-corrected chi connectivity index (χ3v) is 8.23. The van der Waals surface area contributed by atoms with Crippen LogP contribution in [0.25, 0.3) is 5.57 Å². The van der Waals surface area contributed by atoms with Crippen LogP contribution in [-0.2, 0) is 4.74 Å². The van der Waals surface area contributed by atoms with E-state index < -0.39 is 0 Å². The lowest BCUT2D eigenvalue weighted by Crippen LogP contribution is -2.47. The molecule has 5 heteroatoms. The Morgan fingerprint density at radius 3 is 2.32 bits per heavy atom. The first kappa shape index (κ1) is 27.4. The molecule has 2 fully saturated rings. The average molecular weight is 490 g/mol. The maximum Gasteiger partial charge on any atom is 0.0605 e. The summed E-state index contributed by atoms with van der Waals surface area (Å²) in [5, 5.41) is 0. The maximum atomic E-state index is 5.61. The zero-order chi connectivity index (χ0) is 23.3. The topological polar surface area (TPSA) is 19.0 Å². The fourth-order valence-electron chi connectivity index (χ4n) is 5.72. The molecule has 1 aromatic carbocycles. The molecule has 3 aliphatic rings. The first-order valence-corrected chi connectivity index (χ1v) is 13.6. The minimum Gasteiger partial charge on any atom is -0.381 e. The van der Waals surface area contributed by atoms with Crippen LogP contribution in [0.4, 0.5) is 11.4 Å². The van der Waals surface area contributed by atoms with E-state index in [-0.39, 0.29) is 12.4 Å². The summed E-state index contributed by atoms with van der Waals surface area (Å²) in [6, 6.07) is 7.33. The molecule has 34 heavy (non-hydrogen) atoms. The summed E-state index contributed by atoms with van der Waals surface area (Å²) in [5.41, 5.74) is 6.37. The highest BCUT2D eigenvalue weighted by Crippen LogP contribution is 2.42. The normalized spacial score (nSPS) is 21.8. The van der Waals surface area contributed by atoms with Gasteiger partial charge in [-0.05, 0) is 74.3 Å². The van der Waals surface area contributed by atoms with E-state index in [0.717, 1.165) is 39.0 Å². The van der Waals surface area contributed by atoms with Crippen molar-refractivity contribution in [3.05, 3.63) is 29.8 Å². The van der Waals surface area contributed by atoms with Crippen LogP contribution in [0.3, 0.4) is 0 Å². The van der Waals surface area contributed by atoms with Gasteiger partial charge in [0.2, 0.25) is 0 Å². The number of allylic oxidation sites excluding steroid dienone is 2. The molecule has 0 amide bonds. The van der Waals surface area contributed by atoms with Crippen LogP contribution < -0.4 is 9.80 Å². The van der Waals surface area contributed by atoms with Gasteiger partial charge < -0.3 is 14.5 Å². The number of ether oxygens (including phenoxy) is 1. The highest BCUT2D eigenvalue weighted by atomic mass is 35.5. The zero-order valence-electron chi connectivity index (χ0n) is 22.2. The van der Waals surface area contributed by atoms with Crippen LogP contribution in [0.15, 0.2) is 24.3 Å². The quantitative estimate of drug-likeness (QED) is 0.381. The van der Waals surface area contributed by atoms with Gasteiger partial charge in [-0.15, -0.1) is 12.4 Å². The monoisotopic (exact) mass is 489 g/mol. The Morgan fingerprint density at radius 1 is 0.971 bits per heavy atom. The lowest BCUT2D eigenvalue weighted by atomic mass is 9.76. The Kier molecular flexibility index (Phi) is 10.2. The van der Waals surface area contributed by atoms with Crippen molar-refractivity contribution >= 4 is 29.4 Å². The molecule has 4 nitrogen and oxygen atoms in total. The van der Waals surface area contributed by atoms with E-state index in [2.05, 4.69) is 59.7 Å². The summed E-state index contributed by atoms with van der Waals surface area (Å²) in [6.45, 7) is 15.3. The summed E-state index contributed by atoms with van der Waals surface area (Å²) in [7, 11) is 1.85. The van der Waals surface area contributed by atoms with E-state index in [1.165, 1.54) is 75.1 Å². The predicted molar refractivity (Wildman–Crippen MR) is 150 cm³/mol. The molecule has 2 aliphatic heterocycles. The standard InChI is InChI=1S/C29H47N3O.ClH/c1-5-6-7-16-30-19-21-32(22-20-30)28-9-8-25(31-17-12-26(33-4)13-18-31)23-27(28)24-10-14-29(2,3)15-11-24;/h8-10,23,26H,5-7,11-22H2,1-4H3;1H. The number of benzene rings is 1. The molecule has 0 aromatic heterocycles. The van der Waals surface area contributed by atoms with Crippen LogP contribution in [0.1, 0.15) is 77.7 Å². The summed E-state index contributed by atoms with van der Waals surface area (Å²) in [5.74, 6) is 0. The number of methoxy groups -OCH3 is 1. The number of anilines is 2. The van der Waals surface area contributed by atoms with E-state index in [0.29, 0.717) is 11.5 Å². The van der Waals surface area contributed by atoms with Crippen LogP contribution in [0.5, 0.6) is 0 Å². The van der Waals surface area contributed by atoms with Gasteiger partial charge >= 0.3 is 0 Å². The molecular weight excluding hydrogens is 442 g/mol. The van der Waals surface area contributed by atoms with Crippen LogP contribution in [0, 0.1) is 5.41 Å². The van der Waals surface area contributed by atoms with Crippen molar-refractivity contribution in [2.24, 2.45) is 5.41 Å². The molecule has 0 atom stereocenters. The Bertz CT molecular complexity index is 793. The van der Waals surface area contributed by atoms with Crippen LogP contribution in [0.2, 0.25) is 0 Å². The number of hydrogen-bond donors (Lipinski definition) is 0. The second-order valence-electron chi connectivity index (χ2n) is 11.3.